The molecule has 1 aliphatic heterocycles. The van der Waals surface area contributed by atoms with E-state index in [4.69, 9.17) is 14.6 Å². The maximum Gasteiger partial charge on any atom is 0.210 e. The van der Waals surface area contributed by atoms with Crippen LogP contribution in [0.5, 0.6) is 0 Å². The van der Waals surface area contributed by atoms with Gasteiger partial charge in [0.25, 0.3) is 0 Å². The molecule has 0 bridgehead atoms. The summed E-state index contributed by atoms with van der Waals surface area (Å²) in [5, 5.41) is 5.27. The van der Waals surface area contributed by atoms with Crippen LogP contribution in [0.3, 0.4) is 0 Å². The smallest absolute Gasteiger partial charge is 0.210 e. The minimum atomic E-state index is -3.61. The van der Waals surface area contributed by atoms with Gasteiger partial charge in [-0.3, -0.25) is 0 Å². The highest BCUT2D eigenvalue weighted by Gasteiger charge is 2.38. The van der Waals surface area contributed by atoms with E-state index in [2.05, 4.69) is 6.58 Å². The fourth-order valence-corrected chi connectivity index (χ4v) is 4.66. The fourth-order valence-electron chi connectivity index (χ4n) is 3.62. The zero-order chi connectivity index (χ0) is 18.2. The molecule has 0 aromatic rings. The Bertz CT molecular complexity index is 845. The van der Waals surface area contributed by atoms with Crippen LogP contribution in [0.1, 0.15) is 13.3 Å². The Morgan fingerprint density at radius 3 is 2.88 bits per heavy atom. The number of primary sulfonamides is 1. The highest BCUT2D eigenvalue weighted by molar-refractivity contribution is 7.89. The number of hydrogen-bond donors (Lipinski definition) is 1. The summed E-state index contributed by atoms with van der Waals surface area (Å²) in [4.78, 5) is 0. The van der Waals surface area contributed by atoms with Gasteiger partial charge < -0.3 is 9.47 Å². The van der Waals surface area contributed by atoms with Gasteiger partial charge in [-0.15, -0.1) is 6.58 Å². The van der Waals surface area contributed by atoms with Crippen molar-refractivity contribution in [2.75, 3.05) is 12.9 Å². The number of allylic oxidation sites excluding steroid dienone is 5. The second kappa shape index (κ2) is 6.44. The van der Waals surface area contributed by atoms with E-state index in [1.807, 2.05) is 49.5 Å². The highest BCUT2D eigenvalue weighted by Crippen LogP contribution is 2.43. The van der Waals surface area contributed by atoms with Gasteiger partial charge in [0, 0.05) is 11.0 Å². The van der Waals surface area contributed by atoms with Gasteiger partial charge in [0.2, 0.25) is 10.0 Å². The van der Waals surface area contributed by atoms with Gasteiger partial charge in [-0.2, -0.15) is 0 Å². The first kappa shape index (κ1) is 17.9. The molecular weight excluding hydrogens is 338 g/mol. The summed E-state index contributed by atoms with van der Waals surface area (Å²) in [6, 6.07) is 0. The number of fused-ring (bicyclic) bond motifs is 2. The Labute approximate surface area is 148 Å². The number of nitrogens with two attached hydrogens (primary N) is 1. The Balaban J connectivity index is 2.12. The third kappa shape index (κ3) is 3.56. The summed E-state index contributed by atoms with van der Waals surface area (Å²) in [5.74, 6) is 0.602. The first-order valence-electron chi connectivity index (χ1n) is 8.12. The van der Waals surface area contributed by atoms with Gasteiger partial charge in [0.1, 0.15) is 11.9 Å². The Kier molecular flexibility index (Phi) is 4.62. The van der Waals surface area contributed by atoms with Crippen LogP contribution in [0.4, 0.5) is 0 Å². The maximum absolute atomic E-state index is 11.6. The van der Waals surface area contributed by atoms with Crippen molar-refractivity contribution in [3.05, 3.63) is 71.6 Å². The number of sulfonamides is 1. The fraction of sp³-hybridized carbons (Fsp3) is 0.368. The molecule has 3 rings (SSSR count). The molecule has 1 heterocycles. The third-order valence-corrected chi connectivity index (χ3v) is 5.60. The van der Waals surface area contributed by atoms with E-state index in [1.165, 1.54) is 0 Å². The van der Waals surface area contributed by atoms with Gasteiger partial charge in [0.15, 0.2) is 0 Å². The maximum atomic E-state index is 11.6. The lowest BCUT2D eigenvalue weighted by molar-refractivity contribution is 0.0443. The first-order valence-corrected chi connectivity index (χ1v) is 9.84. The molecule has 3 aliphatic rings. The van der Waals surface area contributed by atoms with E-state index < -0.39 is 15.4 Å². The van der Waals surface area contributed by atoms with Crippen molar-refractivity contribution in [3.8, 4) is 0 Å². The van der Waals surface area contributed by atoms with Crippen LogP contribution in [-0.2, 0) is 19.5 Å². The van der Waals surface area contributed by atoms with Crippen molar-refractivity contribution in [1.29, 1.82) is 0 Å². The van der Waals surface area contributed by atoms with Crippen LogP contribution >= 0.6 is 0 Å². The largest absolute Gasteiger partial charge is 0.496 e. The van der Waals surface area contributed by atoms with E-state index in [9.17, 15) is 8.42 Å². The number of rotatable bonds is 5. The SMILES string of the molecule is C=CCC1OC2C=CC=C(OC)C2=C2C=CC(C)(CS(N)(=O)=O)C=C21. The van der Waals surface area contributed by atoms with Gasteiger partial charge in [-0.1, -0.05) is 43.4 Å². The summed E-state index contributed by atoms with van der Waals surface area (Å²) in [6.45, 7) is 5.67. The van der Waals surface area contributed by atoms with E-state index >= 15 is 0 Å². The van der Waals surface area contributed by atoms with E-state index in [0.717, 1.165) is 22.5 Å². The average molecular weight is 361 g/mol. The van der Waals surface area contributed by atoms with Crippen molar-refractivity contribution in [2.24, 2.45) is 10.6 Å². The summed E-state index contributed by atoms with van der Waals surface area (Å²) in [7, 11) is -1.98. The summed E-state index contributed by atoms with van der Waals surface area (Å²) >= 11 is 0. The third-order valence-electron chi connectivity index (χ3n) is 4.57. The summed E-state index contributed by atoms with van der Waals surface area (Å²) in [5.41, 5.74) is 2.26. The topological polar surface area (TPSA) is 78.6 Å². The van der Waals surface area contributed by atoms with Crippen LogP contribution in [0.2, 0.25) is 0 Å². The minimum Gasteiger partial charge on any atom is -0.496 e. The van der Waals surface area contributed by atoms with Crippen molar-refractivity contribution in [2.45, 2.75) is 25.6 Å². The predicted octanol–water partition coefficient (Wildman–Crippen LogP) is 2.52. The molecule has 2 N–H and O–H groups in total. The number of ether oxygens (including phenoxy) is 2. The van der Waals surface area contributed by atoms with Crippen LogP contribution in [-0.4, -0.2) is 33.5 Å². The molecule has 0 amide bonds. The second-order valence-electron chi connectivity index (χ2n) is 6.76. The van der Waals surface area contributed by atoms with Crippen LogP contribution < -0.4 is 5.14 Å². The van der Waals surface area contributed by atoms with Crippen LogP contribution in [0, 0.1) is 5.41 Å². The van der Waals surface area contributed by atoms with Crippen molar-refractivity contribution >= 4 is 10.0 Å². The molecule has 0 spiro atoms. The number of hydrogen-bond acceptors (Lipinski definition) is 4. The normalized spacial score (nSPS) is 31.0. The molecule has 0 saturated heterocycles. The molecular formula is C19H23NO4S. The lowest BCUT2D eigenvalue weighted by Crippen LogP contribution is -2.37. The molecule has 2 aliphatic carbocycles. The van der Waals surface area contributed by atoms with Crippen molar-refractivity contribution < 1.29 is 17.9 Å². The van der Waals surface area contributed by atoms with Crippen LogP contribution in [0.25, 0.3) is 0 Å². The standard InChI is InChI=1S/C19H23NO4S/c1-4-6-15-14-11-19(2,12-25(20,21)22)10-9-13(14)18-16(23-3)7-5-8-17(18)24-15/h4-5,7-11,15,17H,1,6,12H2,2-3H3,(H2,20,21,22). The van der Waals surface area contributed by atoms with Crippen molar-refractivity contribution in [3.63, 3.8) is 0 Å². The van der Waals surface area contributed by atoms with Gasteiger partial charge in [0.05, 0.1) is 19.0 Å². The molecule has 6 heteroatoms. The van der Waals surface area contributed by atoms with E-state index in [-0.39, 0.29) is 18.0 Å². The Hall–Kier alpha value is -1.89. The van der Waals surface area contributed by atoms with Crippen molar-refractivity contribution in [1.82, 2.24) is 0 Å². The van der Waals surface area contributed by atoms with Crippen LogP contribution in [0.15, 0.2) is 71.6 Å². The molecule has 0 radical (unpaired) electrons. The second-order valence-corrected chi connectivity index (χ2v) is 8.38. The van der Waals surface area contributed by atoms with E-state index in [0.29, 0.717) is 6.42 Å². The molecule has 3 atom stereocenters. The highest BCUT2D eigenvalue weighted by atomic mass is 32.2. The Morgan fingerprint density at radius 2 is 2.24 bits per heavy atom. The molecule has 0 aromatic heterocycles. The molecule has 3 unspecified atom stereocenters. The quantitative estimate of drug-likeness (QED) is 0.763. The molecule has 0 aromatic carbocycles. The number of methoxy groups -OCH3 is 1. The lowest BCUT2D eigenvalue weighted by Gasteiger charge is -2.39. The van der Waals surface area contributed by atoms with E-state index in [1.54, 1.807) is 7.11 Å². The van der Waals surface area contributed by atoms with Gasteiger partial charge in [-0.25, -0.2) is 13.6 Å². The molecule has 134 valence electrons. The molecule has 0 saturated carbocycles. The molecule has 0 fully saturated rings. The zero-order valence-electron chi connectivity index (χ0n) is 14.4. The monoisotopic (exact) mass is 361 g/mol. The zero-order valence-corrected chi connectivity index (χ0v) is 15.3. The summed E-state index contributed by atoms with van der Waals surface area (Å²) < 4.78 is 35.0. The Morgan fingerprint density at radius 1 is 1.48 bits per heavy atom. The summed E-state index contributed by atoms with van der Waals surface area (Å²) in [6.07, 6.45) is 13.7. The lowest BCUT2D eigenvalue weighted by atomic mass is 9.76. The molecule has 25 heavy (non-hydrogen) atoms. The predicted molar refractivity (Wildman–Crippen MR) is 98.0 cm³/mol. The average Bonchev–Trinajstić information content (AvgIpc) is 2.52. The van der Waals surface area contributed by atoms with Gasteiger partial charge >= 0.3 is 0 Å². The molecule has 5 nitrogen and oxygen atoms in total. The van der Waals surface area contributed by atoms with Gasteiger partial charge in [-0.05, 0) is 23.6 Å². The first-order chi connectivity index (χ1) is 11.8. The minimum absolute atomic E-state index is 0.153.